The molecule has 0 saturated heterocycles. The van der Waals surface area contributed by atoms with E-state index in [-0.39, 0.29) is 6.54 Å². The summed E-state index contributed by atoms with van der Waals surface area (Å²) in [7, 11) is -2.79. The molecule has 18 heavy (non-hydrogen) atoms. The van der Waals surface area contributed by atoms with Gasteiger partial charge in [0.1, 0.15) is 11.6 Å². The van der Waals surface area contributed by atoms with Gasteiger partial charge < -0.3 is 5.11 Å². The molecule has 0 aliphatic carbocycles. The fourth-order valence-electron chi connectivity index (χ4n) is 1.49. The topological polar surface area (TPSA) is 57.6 Å². The zero-order valence-corrected chi connectivity index (χ0v) is 11.1. The number of sulfonamides is 1. The normalized spacial score (nSPS) is 13.1. The van der Waals surface area contributed by atoms with Crippen LogP contribution < -0.4 is 0 Å². The van der Waals surface area contributed by atoms with Gasteiger partial charge in [-0.2, -0.15) is 4.31 Å². The maximum absolute atomic E-state index is 13.0. The highest BCUT2D eigenvalue weighted by atomic mass is 32.2. The largest absolute Gasteiger partial charge is 0.389 e. The third-order valence-electron chi connectivity index (χ3n) is 2.15. The van der Waals surface area contributed by atoms with E-state index in [1.54, 1.807) is 0 Å². The smallest absolute Gasteiger partial charge is 0.243 e. The third kappa shape index (κ3) is 3.72. The van der Waals surface area contributed by atoms with Crippen LogP contribution in [0, 0.1) is 11.6 Å². The molecule has 0 aliphatic heterocycles. The SMILES string of the molecule is CN(CC(C)(C)O)S(=O)(=O)c1cc(F)cc(F)c1. The van der Waals surface area contributed by atoms with Gasteiger partial charge >= 0.3 is 0 Å². The summed E-state index contributed by atoms with van der Waals surface area (Å²) in [6, 6.07) is 2.06. The highest BCUT2D eigenvalue weighted by molar-refractivity contribution is 7.89. The number of benzene rings is 1. The molecule has 0 unspecified atom stereocenters. The Kier molecular flexibility index (Phi) is 4.09. The summed E-state index contributed by atoms with van der Waals surface area (Å²) in [5.41, 5.74) is -1.24. The average Bonchev–Trinajstić information content (AvgIpc) is 2.13. The molecule has 0 saturated carbocycles. The molecule has 0 amide bonds. The summed E-state index contributed by atoms with van der Waals surface area (Å²) in [6.45, 7) is 2.68. The monoisotopic (exact) mass is 279 g/mol. The predicted molar refractivity (Wildman–Crippen MR) is 62.5 cm³/mol. The maximum atomic E-state index is 13.0. The van der Waals surface area contributed by atoms with Crippen LogP contribution in [0.1, 0.15) is 13.8 Å². The van der Waals surface area contributed by atoms with Gasteiger partial charge in [0.2, 0.25) is 10.0 Å². The lowest BCUT2D eigenvalue weighted by molar-refractivity contribution is 0.0640. The second-order valence-electron chi connectivity index (χ2n) is 4.68. The first-order valence-electron chi connectivity index (χ1n) is 5.17. The highest BCUT2D eigenvalue weighted by Crippen LogP contribution is 2.19. The molecular weight excluding hydrogens is 264 g/mol. The zero-order valence-electron chi connectivity index (χ0n) is 10.3. The van der Waals surface area contributed by atoms with Gasteiger partial charge in [0.25, 0.3) is 0 Å². The average molecular weight is 279 g/mol. The van der Waals surface area contributed by atoms with Crippen molar-refractivity contribution in [2.75, 3.05) is 13.6 Å². The first-order chi connectivity index (χ1) is 8.02. The van der Waals surface area contributed by atoms with E-state index >= 15 is 0 Å². The Labute approximate surface area is 105 Å². The van der Waals surface area contributed by atoms with Gasteiger partial charge in [-0.1, -0.05) is 0 Å². The van der Waals surface area contributed by atoms with Crippen LogP contribution in [0.5, 0.6) is 0 Å². The number of likely N-dealkylation sites (N-methyl/N-ethyl adjacent to an activating group) is 1. The molecule has 0 atom stereocenters. The molecule has 0 aromatic heterocycles. The van der Waals surface area contributed by atoms with Crippen molar-refractivity contribution in [1.82, 2.24) is 4.31 Å². The summed E-state index contributed by atoms with van der Waals surface area (Å²) in [6.07, 6.45) is 0. The molecule has 0 radical (unpaired) electrons. The van der Waals surface area contributed by atoms with E-state index < -0.39 is 32.2 Å². The van der Waals surface area contributed by atoms with Crippen molar-refractivity contribution in [1.29, 1.82) is 0 Å². The van der Waals surface area contributed by atoms with E-state index in [9.17, 15) is 22.3 Å². The lowest BCUT2D eigenvalue weighted by atomic mass is 10.1. The van der Waals surface area contributed by atoms with Crippen molar-refractivity contribution in [3.05, 3.63) is 29.8 Å². The fourth-order valence-corrected chi connectivity index (χ4v) is 2.86. The molecule has 1 aromatic rings. The van der Waals surface area contributed by atoms with Gasteiger partial charge in [0, 0.05) is 19.7 Å². The summed E-state index contributed by atoms with van der Waals surface area (Å²) < 4.78 is 50.8. The maximum Gasteiger partial charge on any atom is 0.243 e. The molecule has 4 nitrogen and oxygen atoms in total. The van der Waals surface area contributed by atoms with E-state index in [1.165, 1.54) is 20.9 Å². The third-order valence-corrected chi connectivity index (χ3v) is 3.94. The van der Waals surface area contributed by atoms with Crippen molar-refractivity contribution in [2.45, 2.75) is 24.3 Å². The number of hydrogen-bond donors (Lipinski definition) is 1. The molecule has 0 spiro atoms. The number of halogens is 2. The van der Waals surface area contributed by atoms with Crippen LogP contribution in [-0.4, -0.2) is 37.0 Å². The molecule has 0 aliphatic rings. The molecular formula is C11H15F2NO3S. The first-order valence-corrected chi connectivity index (χ1v) is 6.61. The molecule has 7 heteroatoms. The zero-order chi connectivity index (χ0) is 14.1. The van der Waals surface area contributed by atoms with Crippen LogP contribution in [0.2, 0.25) is 0 Å². The van der Waals surface area contributed by atoms with Crippen LogP contribution in [0.4, 0.5) is 8.78 Å². The van der Waals surface area contributed by atoms with Gasteiger partial charge in [-0.3, -0.25) is 0 Å². The Balaban J connectivity index is 3.13. The summed E-state index contributed by atoms with van der Waals surface area (Å²) in [5.74, 6) is -1.93. The molecule has 102 valence electrons. The first kappa shape index (κ1) is 15.0. The molecule has 1 N–H and O–H groups in total. The van der Waals surface area contributed by atoms with Crippen LogP contribution in [0.3, 0.4) is 0 Å². The Bertz CT molecular complexity index is 517. The molecule has 1 aromatic carbocycles. The van der Waals surface area contributed by atoms with Crippen molar-refractivity contribution in [3.8, 4) is 0 Å². The van der Waals surface area contributed by atoms with Crippen LogP contribution in [-0.2, 0) is 10.0 Å². The summed E-state index contributed by atoms with van der Waals surface area (Å²) in [4.78, 5) is -0.480. The second kappa shape index (κ2) is 4.91. The summed E-state index contributed by atoms with van der Waals surface area (Å²) >= 11 is 0. The second-order valence-corrected chi connectivity index (χ2v) is 6.72. The van der Waals surface area contributed by atoms with Gasteiger partial charge in [-0.05, 0) is 26.0 Å². The van der Waals surface area contributed by atoms with Crippen molar-refractivity contribution in [3.63, 3.8) is 0 Å². The molecule has 0 heterocycles. The van der Waals surface area contributed by atoms with Gasteiger partial charge in [-0.25, -0.2) is 17.2 Å². The number of rotatable bonds is 4. The van der Waals surface area contributed by atoms with Crippen molar-refractivity contribution in [2.24, 2.45) is 0 Å². The molecule has 0 bridgehead atoms. The number of nitrogens with zero attached hydrogens (tertiary/aromatic N) is 1. The van der Waals surface area contributed by atoms with E-state index in [0.29, 0.717) is 6.07 Å². The standard InChI is InChI=1S/C11H15F2NO3S/c1-11(2,15)7-14(3)18(16,17)10-5-8(12)4-9(13)6-10/h4-6,15H,7H2,1-3H3. The molecule has 1 rings (SSSR count). The number of hydrogen-bond acceptors (Lipinski definition) is 3. The number of aliphatic hydroxyl groups is 1. The van der Waals surface area contributed by atoms with Crippen LogP contribution >= 0.6 is 0 Å². The highest BCUT2D eigenvalue weighted by Gasteiger charge is 2.27. The Morgan fingerprint density at radius 2 is 1.67 bits per heavy atom. The quantitative estimate of drug-likeness (QED) is 0.905. The Morgan fingerprint density at radius 1 is 1.22 bits per heavy atom. The Morgan fingerprint density at radius 3 is 2.06 bits per heavy atom. The summed E-state index contributed by atoms with van der Waals surface area (Å²) in [5, 5.41) is 9.55. The molecule has 0 fully saturated rings. The Hall–Kier alpha value is -1.05. The van der Waals surface area contributed by atoms with Gasteiger partial charge in [0.15, 0.2) is 0 Å². The van der Waals surface area contributed by atoms with Gasteiger partial charge in [-0.15, -0.1) is 0 Å². The van der Waals surface area contributed by atoms with Gasteiger partial charge in [0.05, 0.1) is 10.5 Å². The van der Waals surface area contributed by atoms with Crippen LogP contribution in [0.15, 0.2) is 23.1 Å². The van der Waals surface area contributed by atoms with Crippen molar-refractivity contribution < 1.29 is 22.3 Å². The fraction of sp³-hybridized carbons (Fsp3) is 0.455. The minimum atomic E-state index is -4.02. The van der Waals surface area contributed by atoms with Crippen molar-refractivity contribution >= 4 is 10.0 Å². The minimum Gasteiger partial charge on any atom is -0.389 e. The predicted octanol–water partition coefficient (Wildman–Crippen LogP) is 1.36. The van der Waals surface area contributed by atoms with E-state index in [2.05, 4.69) is 0 Å². The lowest BCUT2D eigenvalue weighted by Gasteiger charge is -2.25. The minimum absolute atomic E-state index is 0.187. The lowest BCUT2D eigenvalue weighted by Crippen LogP contribution is -2.39. The van der Waals surface area contributed by atoms with E-state index in [0.717, 1.165) is 16.4 Å². The van der Waals surface area contributed by atoms with E-state index in [1.807, 2.05) is 0 Å². The van der Waals surface area contributed by atoms with Crippen LogP contribution in [0.25, 0.3) is 0 Å². The van der Waals surface area contributed by atoms with E-state index in [4.69, 9.17) is 0 Å².